The van der Waals surface area contributed by atoms with Gasteiger partial charge < -0.3 is 14.8 Å². The molecule has 162 valence electrons. The highest BCUT2D eigenvalue weighted by Crippen LogP contribution is 2.42. The van der Waals surface area contributed by atoms with E-state index in [9.17, 15) is 4.79 Å². The molecule has 0 spiro atoms. The van der Waals surface area contributed by atoms with E-state index in [4.69, 9.17) is 14.6 Å². The smallest absolute Gasteiger partial charge is 0.342 e. The van der Waals surface area contributed by atoms with Crippen LogP contribution in [-0.4, -0.2) is 29.1 Å². The van der Waals surface area contributed by atoms with Crippen LogP contribution in [0.25, 0.3) is 0 Å². The molecule has 0 fully saturated rings. The topological polar surface area (TPSA) is 63.2 Å². The quantitative estimate of drug-likeness (QED) is 0.597. The number of anilines is 1. The Morgan fingerprint density at radius 1 is 1.00 bits per heavy atom. The number of urea groups is 1. The highest BCUT2D eigenvalue weighted by molar-refractivity contribution is 6.07. The number of rotatable bonds is 3. The van der Waals surface area contributed by atoms with E-state index in [1.54, 1.807) is 0 Å². The summed E-state index contributed by atoms with van der Waals surface area (Å²) in [5.41, 5.74) is 4.60. The Bertz CT molecular complexity index is 1190. The molecule has 2 amide bonds. The first-order valence-electron chi connectivity index (χ1n) is 10.7. The molecule has 2 heterocycles. The van der Waals surface area contributed by atoms with E-state index in [-0.39, 0.29) is 11.9 Å². The Labute approximate surface area is 187 Å². The molecule has 0 radical (unpaired) electrons. The molecule has 0 saturated heterocycles. The van der Waals surface area contributed by atoms with E-state index in [0.717, 1.165) is 22.4 Å². The van der Waals surface area contributed by atoms with Gasteiger partial charge in [0, 0.05) is 31.5 Å². The molecule has 6 heteroatoms. The fourth-order valence-corrected chi connectivity index (χ4v) is 4.13. The van der Waals surface area contributed by atoms with Gasteiger partial charge >= 0.3 is 6.03 Å². The third-order valence-electron chi connectivity index (χ3n) is 5.66. The summed E-state index contributed by atoms with van der Waals surface area (Å²) in [5.74, 6) is 0.584. The molecule has 5 rings (SSSR count). The summed E-state index contributed by atoms with van der Waals surface area (Å²) in [6, 6.07) is 23.6. The average Bonchev–Trinajstić information content (AvgIpc) is 3.35. The van der Waals surface area contributed by atoms with Crippen LogP contribution >= 0.6 is 0 Å². The zero-order chi connectivity index (χ0) is 22.3. The summed E-state index contributed by atoms with van der Waals surface area (Å²) in [5, 5.41) is 9.22. The molecule has 6 nitrogen and oxygen atoms in total. The molecule has 0 aromatic heterocycles. The van der Waals surface area contributed by atoms with Crippen LogP contribution < -0.4 is 14.8 Å². The van der Waals surface area contributed by atoms with Gasteiger partial charge in [-0.3, -0.25) is 0 Å². The van der Waals surface area contributed by atoms with Crippen molar-refractivity contribution in [2.24, 2.45) is 5.10 Å². The van der Waals surface area contributed by atoms with Crippen LogP contribution in [0.5, 0.6) is 11.5 Å². The number of benzene rings is 3. The molecule has 1 atom stereocenters. The lowest BCUT2D eigenvalue weighted by Crippen LogP contribution is -2.30. The van der Waals surface area contributed by atoms with E-state index in [1.165, 1.54) is 5.01 Å². The average molecular weight is 428 g/mol. The van der Waals surface area contributed by atoms with Crippen LogP contribution in [0.1, 0.15) is 36.5 Å². The number of carbonyl (C=O) groups is 1. The van der Waals surface area contributed by atoms with E-state index in [2.05, 4.69) is 17.4 Å². The fraction of sp³-hybridized carbons (Fsp3) is 0.231. The van der Waals surface area contributed by atoms with E-state index < -0.39 is 5.79 Å². The van der Waals surface area contributed by atoms with Crippen molar-refractivity contribution >= 4 is 17.4 Å². The van der Waals surface area contributed by atoms with Gasteiger partial charge in [-0.25, -0.2) is 9.80 Å². The second-order valence-corrected chi connectivity index (χ2v) is 8.54. The molecule has 3 aromatic carbocycles. The minimum Gasteiger partial charge on any atom is -0.449 e. The Hall–Kier alpha value is -3.80. The normalized spacial score (nSPS) is 18.4. The standard InChI is InChI=1S/C26H25N3O3/c1-17-14-22-23(32-26(2,3)31-22)15-21(17)27-25(30)29-16-20(18-10-6-4-7-11-18)24(28-29)19-12-8-5-9-13-19/h4-15,20H,16H2,1-3H3,(H,27,30). The van der Waals surface area contributed by atoms with Gasteiger partial charge in [0.25, 0.3) is 0 Å². The van der Waals surface area contributed by atoms with Gasteiger partial charge in [-0.1, -0.05) is 60.7 Å². The minimum atomic E-state index is -0.718. The molecule has 0 saturated carbocycles. The number of amides is 2. The van der Waals surface area contributed by atoms with Crippen molar-refractivity contribution < 1.29 is 14.3 Å². The van der Waals surface area contributed by atoms with Gasteiger partial charge in [-0.2, -0.15) is 5.10 Å². The lowest BCUT2D eigenvalue weighted by Gasteiger charge is -2.17. The van der Waals surface area contributed by atoms with Crippen molar-refractivity contribution in [3.05, 3.63) is 89.5 Å². The van der Waals surface area contributed by atoms with Gasteiger partial charge in [0.05, 0.1) is 12.3 Å². The number of fused-ring (bicyclic) bond motifs is 1. The second kappa shape index (κ2) is 7.71. The fourth-order valence-electron chi connectivity index (χ4n) is 4.13. The summed E-state index contributed by atoms with van der Waals surface area (Å²) >= 11 is 0. The number of hydrazone groups is 1. The van der Waals surface area contributed by atoms with Crippen molar-refractivity contribution in [3.63, 3.8) is 0 Å². The molecule has 2 aliphatic rings. The van der Waals surface area contributed by atoms with Crippen molar-refractivity contribution in [3.8, 4) is 11.5 Å². The predicted molar refractivity (Wildman–Crippen MR) is 124 cm³/mol. The maximum absolute atomic E-state index is 13.2. The van der Waals surface area contributed by atoms with E-state index in [0.29, 0.717) is 23.7 Å². The largest absolute Gasteiger partial charge is 0.449 e. The van der Waals surface area contributed by atoms with E-state index >= 15 is 0 Å². The highest BCUT2D eigenvalue weighted by Gasteiger charge is 2.34. The maximum atomic E-state index is 13.2. The summed E-state index contributed by atoms with van der Waals surface area (Å²) in [6.07, 6.45) is 0. The summed E-state index contributed by atoms with van der Waals surface area (Å²) in [4.78, 5) is 13.2. The predicted octanol–water partition coefficient (Wildman–Crippen LogP) is 5.54. The molecule has 0 bridgehead atoms. The van der Waals surface area contributed by atoms with Crippen LogP contribution in [0, 0.1) is 6.92 Å². The number of nitrogens with one attached hydrogen (secondary N) is 1. The molecule has 32 heavy (non-hydrogen) atoms. The van der Waals surface area contributed by atoms with E-state index in [1.807, 2.05) is 81.4 Å². The Kier molecular flexibility index (Phi) is 4.85. The number of hydrogen-bond donors (Lipinski definition) is 1. The Morgan fingerprint density at radius 2 is 1.62 bits per heavy atom. The third kappa shape index (κ3) is 3.80. The van der Waals surface area contributed by atoms with Crippen LogP contribution in [0.4, 0.5) is 10.5 Å². The molecular formula is C26H25N3O3. The second-order valence-electron chi connectivity index (χ2n) is 8.54. The van der Waals surface area contributed by atoms with Crippen LogP contribution in [0.15, 0.2) is 77.9 Å². The zero-order valence-electron chi connectivity index (χ0n) is 18.3. The molecule has 0 aliphatic carbocycles. The number of aryl methyl sites for hydroxylation is 1. The lowest BCUT2D eigenvalue weighted by molar-refractivity contribution is -0.0431. The van der Waals surface area contributed by atoms with Gasteiger partial charge in [-0.15, -0.1) is 0 Å². The number of carbonyl (C=O) groups excluding carboxylic acids is 1. The summed E-state index contributed by atoms with van der Waals surface area (Å²) < 4.78 is 11.6. The van der Waals surface area contributed by atoms with Crippen LogP contribution in [0.2, 0.25) is 0 Å². The van der Waals surface area contributed by atoms with Crippen LogP contribution in [0.3, 0.4) is 0 Å². The minimum absolute atomic E-state index is 0.00278. The SMILES string of the molecule is Cc1cc2c(cc1NC(=O)N1CC(c3ccccc3)C(c3ccccc3)=N1)OC(C)(C)O2. The van der Waals surface area contributed by atoms with Gasteiger partial charge in [-0.05, 0) is 29.7 Å². The molecular weight excluding hydrogens is 402 g/mol. The van der Waals surface area contributed by atoms with Crippen molar-refractivity contribution in [1.82, 2.24) is 5.01 Å². The van der Waals surface area contributed by atoms with Gasteiger partial charge in [0.2, 0.25) is 5.79 Å². The summed E-state index contributed by atoms with van der Waals surface area (Å²) in [7, 11) is 0. The van der Waals surface area contributed by atoms with Gasteiger partial charge in [0.1, 0.15) is 0 Å². The number of ether oxygens (including phenoxy) is 2. The zero-order valence-corrected chi connectivity index (χ0v) is 18.3. The Balaban J connectivity index is 1.42. The Morgan fingerprint density at radius 3 is 2.31 bits per heavy atom. The van der Waals surface area contributed by atoms with Crippen LogP contribution in [-0.2, 0) is 0 Å². The number of hydrogen-bond acceptors (Lipinski definition) is 4. The van der Waals surface area contributed by atoms with Gasteiger partial charge in [0.15, 0.2) is 11.5 Å². The van der Waals surface area contributed by atoms with Crippen molar-refractivity contribution in [1.29, 1.82) is 0 Å². The maximum Gasteiger partial charge on any atom is 0.342 e. The van der Waals surface area contributed by atoms with Crippen molar-refractivity contribution in [2.75, 3.05) is 11.9 Å². The lowest BCUT2D eigenvalue weighted by atomic mass is 9.91. The first kappa shape index (κ1) is 20.1. The monoisotopic (exact) mass is 427 g/mol. The summed E-state index contributed by atoms with van der Waals surface area (Å²) in [6.45, 7) is 6.11. The highest BCUT2D eigenvalue weighted by atomic mass is 16.7. The number of nitrogens with zero attached hydrogens (tertiary/aromatic N) is 2. The molecule has 1 unspecified atom stereocenters. The van der Waals surface area contributed by atoms with Crippen molar-refractivity contribution in [2.45, 2.75) is 32.5 Å². The molecule has 3 aromatic rings. The third-order valence-corrected chi connectivity index (χ3v) is 5.66. The first-order valence-corrected chi connectivity index (χ1v) is 10.7. The molecule has 1 N–H and O–H groups in total. The molecule has 2 aliphatic heterocycles. The first-order chi connectivity index (χ1) is 15.4.